The van der Waals surface area contributed by atoms with Crippen LogP contribution in [0.25, 0.3) is 0 Å². The second kappa shape index (κ2) is 8.82. The number of benzene rings is 2. The molecule has 0 aliphatic carbocycles. The minimum atomic E-state index is -4.84. The molecule has 2 aromatic rings. The number of hydrogen-bond acceptors (Lipinski definition) is 3. The third-order valence-electron chi connectivity index (χ3n) is 2.91. The van der Waals surface area contributed by atoms with Crippen molar-refractivity contribution >= 4 is 10.1 Å². The van der Waals surface area contributed by atoms with Crippen LogP contribution in [0.1, 0.15) is 24.5 Å². The van der Waals surface area contributed by atoms with Crippen molar-refractivity contribution in [3.05, 3.63) is 63.2 Å². The van der Waals surface area contributed by atoms with Gasteiger partial charge in [-0.2, -0.15) is 13.2 Å². The predicted molar refractivity (Wildman–Crippen MR) is 79.9 cm³/mol. The lowest BCUT2D eigenvalue weighted by atomic mass is 10.1. The molecule has 0 heterocycles. The SMILES string of the molecule is CCCc1ccc([IH+])cc1.O=S(=O)([O-])c1cccc(C(F)(F)F)c1. The van der Waals surface area contributed by atoms with Crippen LogP contribution in [0.3, 0.4) is 0 Å². The largest absolute Gasteiger partial charge is 0.744 e. The zero-order chi connectivity index (χ0) is 18.4. The van der Waals surface area contributed by atoms with E-state index in [1.807, 2.05) is 0 Å². The average Bonchev–Trinajstić information content (AvgIpc) is 2.49. The molecule has 0 bridgehead atoms. The Morgan fingerprint density at radius 1 is 1.08 bits per heavy atom. The molecule has 2 rings (SSSR count). The van der Waals surface area contributed by atoms with E-state index in [1.165, 1.54) is 22.0 Å². The van der Waals surface area contributed by atoms with E-state index >= 15 is 0 Å². The summed E-state index contributed by atoms with van der Waals surface area (Å²) in [5, 5.41) is 0. The van der Waals surface area contributed by atoms with E-state index in [0.717, 1.165) is 12.1 Å². The topological polar surface area (TPSA) is 57.2 Å². The number of rotatable bonds is 3. The Morgan fingerprint density at radius 2 is 1.67 bits per heavy atom. The predicted octanol–water partition coefficient (Wildman–Crippen LogP) is 0.704. The first-order valence-corrected chi connectivity index (χ1v) is 9.50. The van der Waals surface area contributed by atoms with E-state index in [-0.39, 0.29) is 0 Å². The molecular weight excluding hydrogens is 456 g/mol. The van der Waals surface area contributed by atoms with Gasteiger partial charge in [0, 0.05) is 0 Å². The van der Waals surface area contributed by atoms with Crippen LogP contribution >= 0.6 is 0 Å². The van der Waals surface area contributed by atoms with Crippen molar-refractivity contribution in [1.29, 1.82) is 0 Å². The van der Waals surface area contributed by atoms with Gasteiger partial charge in [-0.25, -0.2) is 8.42 Å². The summed E-state index contributed by atoms with van der Waals surface area (Å²) in [4.78, 5) is -0.882. The highest BCUT2D eigenvalue weighted by molar-refractivity contribution is 7.85. The maximum absolute atomic E-state index is 12.1. The van der Waals surface area contributed by atoms with Gasteiger partial charge in [-0.15, -0.1) is 0 Å². The fourth-order valence-electron chi connectivity index (χ4n) is 1.77. The molecule has 0 amide bonds. The Bertz CT molecular complexity index is 757. The molecule has 132 valence electrons. The lowest BCUT2D eigenvalue weighted by Crippen LogP contribution is -3.34. The summed E-state index contributed by atoms with van der Waals surface area (Å²) >= 11 is 2.05. The molecule has 0 atom stereocenters. The number of aryl methyl sites for hydroxylation is 1. The summed E-state index contributed by atoms with van der Waals surface area (Å²) in [5.74, 6) is 0. The molecule has 0 fully saturated rings. The molecule has 0 saturated carbocycles. The van der Waals surface area contributed by atoms with Crippen LogP contribution < -0.4 is 22.6 Å². The van der Waals surface area contributed by atoms with E-state index in [2.05, 4.69) is 53.8 Å². The summed E-state index contributed by atoms with van der Waals surface area (Å²) in [5.41, 5.74) is 0.296. The molecule has 3 nitrogen and oxygen atoms in total. The molecular formula is C16H16F3IO3S. The molecule has 0 N–H and O–H groups in total. The van der Waals surface area contributed by atoms with Crippen molar-refractivity contribution in [2.45, 2.75) is 30.8 Å². The van der Waals surface area contributed by atoms with Crippen LogP contribution in [-0.4, -0.2) is 13.0 Å². The van der Waals surface area contributed by atoms with E-state index in [1.54, 1.807) is 0 Å². The van der Waals surface area contributed by atoms with Gasteiger partial charge in [-0.1, -0.05) is 31.5 Å². The van der Waals surface area contributed by atoms with Crippen molar-refractivity contribution in [2.24, 2.45) is 0 Å². The fourth-order valence-corrected chi connectivity index (χ4v) is 2.68. The summed E-state index contributed by atoms with van der Waals surface area (Å²) in [6.45, 7) is 2.21. The maximum atomic E-state index is 12.1. The Labute approximate surface area is 152 Å². The first kappa shape index (κ1) is 20.9. The van der Waals surface area contributed by atoms with Gasteiger partial charge in [-0.05, 0) is 42.3 Å². The van der Waals surface area contributed by atoms with Crippen LogP contribution in [-0.2, 0) is 22.7 Å². The molecule has 0 aliphatic heterocycles. The molecule has 24 heavy (non-hydrogen) atoms. The second-order valence-electron chi connectivity index (χ2n) is 4.87. The fraction of sp³-hybridized carbons (Fsp3) is 0.250. The first-order valence-electron chi connectivity index (χ1n) is 6.93. The van der Waals surface area contributed by atoms with Crippen LogP contribution in [0.5, 0.6) is 0 Å². The summed E-state index contributed by atoms with van der Waals surface area (Å²) in [6.07, 6.45) is -2.20. The van der Waals surface area contributed by atoms with Gasteiger partial charge in [0.05, 0.1) is 10.5 Å². The van der Waals surface area contributed by atoms with Gasteiger partial charge in [0.25, 0.3) is 22.6 Å². The monoisotopic (exact) mass is 472 g/mol. The lowest BCUT2D eigenvalue weighted by Gasteiger charge is -2.10. The Kier molecular flexibility index (Phi) is 7.68. The van der Waals surface area contributed by atoms with Gasteiger partial charge >= 0.3 is 6.18 Å². The molecule has 0 aliphatic rings. The third kappa shape index (κ3) is 7.18. The van der Waals surface area contributed by atoms with Gasteiger partial charge in [0.15, 0.2) is 3.57 Å². The highest BCUT2D eigenvalue weighted by Gasteiger charge is 2.30. The van der Waals surface area contributed by atoms with E-state index < -0.39 is 26.8 Å². The van der Waals surface area contributed by atoms with E-state index in [0.29, 0.717) is 12.1 Å². The van der Waals surface area contributed by atoms with Crippen molar-refractivity contribution in [3.63, 3.8) is 0 Å². The summed E-state index contributed by atoms with van der Waals surface area (Å²) in [6, 6.07) is 11.5. The van der Waals surface area contributed by atoms with Crippen LogP contribution in [0, 0.1) is 3.57 Å². The highest BCUT2D eigenvalue weighted by Crippen LogP contribution is 2.30. The summed E-state index contributed by atoms with van der Waals surface area (Å²) in [7, 11) is -4.84. The van der Waals surface area contributed by atoms with Crippen molar-refractivity contribution in [3.8, 4) is 0 Å². The molecule has 0 unspecified atom stereocenters. The van der Waals surface area contributed by atoms with Gasteiger partial charge in [0.1, 0.15) is 10.1 Å². The number of hydrogen-bond donors (Lipinski definition) is 0. The van der Waals surface area contributed by atoms with Crippen LogP contribution in [0.4, 0.5) is 13.2 Å². The molecule has 0 spiro atoms. The van der Waals surface area contributed by atoms with Gasteiger partial charge in [-0.3, -0.25) is 0 Å². The zero-order valence-corrected chi connectivity index (χ0v) is 15.9. The van der Waals surface area contributed by atoms with Crippen LogP contribution in [0.15, 0.2) is 53.4 Å². The van der Waals surface area contributed by atoms with Crippen molar-refractivity contribution in [1.82, 2.24) is 0 Å². The minimum Gasteiger partial charge on any atom is -0.744 e. The quantitative estimate of drug-likeness (QED) is 0.489. The van der Waals surface area contributed by atoms with Gasteiger partial charge in [0.2, 0.25) is 0 Å². The Morgan fingerprint density at radius 3 is 2.12 bits per heavy atom. The van der Waals surface area contributed by atoms with Crippen LogP contribution in [0.2, 0.25) is 0 Å². The summed E-state index contributed by atoms with van der Waals surface area (Å²) < 4.78 is 68.7. The lowest BCUT2D eigenvalue weighted by molar-refractivity contribution is -0.328. The minimum absolute atomic E-state index is 0.308. The molecule has 8 heteroatoms. The highest BCUT2D eigenvalue weighted by atomic mass is 127. The Hall–Kier alpha value is -1.13. The number of halogens is 4. The third-order valence-corrected chi connectivity index (χ3v) is 4.52. The standard InChI is InChI=1S/C9H12I.C7H5F3O3S/c1-2-3-8-4-6-9(10)7-5-8;8-7(9,10)5-2-1-3-6(4-5)14(11,12)13/h4-7,10H,2-3H2,1H3;1-4H,(H,11,12,13)/q+1;/p-1. The normalized spacial score (nSPS) is 11.6. The van der Waals surface area contributed by atoms with E-state index in [4.69, 9.17) is 0 Å². The zero-order valence-electron chi connectivity index (χ0n) is 12.7. The first-order chi connectivity index (χ1) is 11.0. The average molecular weight is 472 g/mol. The van der Waals surface area contributed by atoms with Crippen molar-refractivity contribution < 1.29 is 48.7 Å². The smallest absolute Gasteiger partial charge is 0.416 e. The van der Waals surface area contributed by atoms with Crippen molar-refractivity contribution in [2.75, 3.05) is 0 Å². The molecule has 0 radical (unpaired) electrons. The Balaban J connectivity index is 0.000000254. The maximum Gasteiger partial charge on any atom is 0.416 e. The van der Waals surface area contributed by atoms with Gasteiger partial charge < -0.3 is 4.55 Å². The molecule has 0 aromatic heterocycles. The molecule has 2 aromatic carbocycles. The van der Waals surface area contributed by atoms with E-state index in [9.17, 15) is 26.1 Å². The molecule has 0 saturated heterocycles. The second-order valence-corrected chi connectivity index (χ2v) is 7.60. The number of alkyl halides is 3.